The molecule has 1 unspecified atom stereocenters. The highest BCUT2D eigenvalue weighted by atomic mass is 32.1. The second-order valence-electron chi connectivity index (χ2n) is 7.80. The van der Waals surface area contributed by atoms with Gasteiger partial charge in [0.1, 0.15) is 0 Å². The summed E-state index contributed by atoms with van der Waals surface area (Å²) in [6.07, 6.45) is 5.57. The fourth-order valence-electron chi connectivity index (χ4n) is 3.26. The van der Waals surface area contributed by atoms with Gasteiger partial charge in [0.25, 0.3) is 0 Å². The lowest BCUT2D eigenvalue weighted by Crippen LogP contribution is -2.15. The van der Waals surface area contributed by atoms with E-state index in [2.05, 4.69) is 41.4 Å². The van der Waals surface area contributed by atoms with Crippen LogP contribution in [0.25, 0.3) is 0 Å². The van der Waals surface area contributed by atoms with Crippen LogP contribution in [0.3, 0.4) is 0 Å². The fourth-order valence-corrected chi connectivity index (χ4v) is 4.16. The first-order valence-corrected chi connectivity index (χ1v) is 9.55. The molecule has 1 aliphatic rings. The van der Waals surface area contributed by atoms with Crippen LogP contribution in [0.5, 0.6) is 0 Å². The van der Waals surface area contributed by atoms with Crippen molar-refractivity contribution >= 4 is 11.3 Å². The van der Waals surface area contributed by atoms with Crippen molar-refractivity contribution < 1.29 is 4.52 Å². The maximum atomic E-state index is 5.57. The van der Waals surface area contributed by atoms with Crippen molar-refractivity contribution in [2.75, 3.05) is 0 Å². The van der Waals surface area contributed by atoms with Crippen molar-refractivity contribution in [3.05, 3.63) is 45.3 Å². The van der Waals surface area contributed by atoms with Gasteiger partial charge < -0.3 is 4.52 Å². The molecule has 25 heavy (non-hydrogen) atoms. The van der Waals surface area contributed by atoms with Gasteiger partial charge in [-0.15, -0.1) is 11.3 Å². The standard InChI is InChI=1S/C18H23N5OS/c1-18(2,3)17-20-13(10-25-17)8-15-21-16(24-22-15)11-5-6-12-9-19-23(4)14(12)7-11/h9-11H,5-8H2,1-4H3. The van der Waals surface area contributed by atoms with E-state index in [0.717, 1.165) is 41.7 Å². The summed E-state index contributed by atoms with van der Waals surface area (Å²) in [5.74, 6) is 1.74. The third-order valence-electron chi connectivity index (χ3n) is 4.72. The van der Waals surface area contributed by atoms with Crippen LogP contribution in [0, 0.1) is 0 Å². The molecule has 0 aliphatic heterocycles. The van der Waals surface area contributed by atoms with Gasteiger partial charge in [-0.05, 0) is 18.4 Å². The lowest BCUT2D eigenvalue weighted by atomic mass is 9.88. The summed E-state index contributed by atoms with van der Waals surface area (Å²) in [7, 11) is 2.00. The van der Waals surface area contributed by atoms with Crippen LogP contribution in [-0.4, -0.2) is 24.9 Å². The van der Waals surface area contributed by atoms with E-state index in [4.69, 9.17) is 9.51 Å². The Kier molecular flexibility index (Phi) is 3.98. The first kappa shape index (κ1) is 16.4. The zero-order valence-electron chi connectivity index (χ0n) is 15.1. The molecule has 6 nitrogen and oxygen atoms in total. The number of rotatable bonds is 3. The second kappa shape index (κ2) is 6.05. The average molecular weight is 357 g/mol. The van der Waals surface area contributed by atoms with E-state index in [1.165, 1.54) is 11.3 Å². The molecule has 0 fully saturated rings. The quantitative estimate of drug-likeness (QED) is 0.718. The molecular formula is C18H23N5OS. The molecule has 1 atom stereocenters. The monoisotopic (exact) mass is 357 g/mol. The maximum absolute atomic E-state index is 5.57. The van der Waals surface area contributed by atoms with Gasteiger partial charge in [-0.2, -0.15) is 10.1 Å². The normalized spacial score (nSPS) is 17.7. The van der Waals surface area contributed by atoms with Gasteiger partial charge in [0.2, 0.25) is 5.89 Å². The Morgan fingerprint density at radius 1 is 1.32 bits per heavy atom. The first-order valence-electron chi connectivity index (χ1n) is 8.67. The largest absolute Gasteiger partial charge is 0.339 e. The molecule has 3 aromatic heterocycles. The minimum Gasteiger partial charge on any atom is -0.339 e. The Morgan fingerprint density at radius 3 is 2.92 bits per heavy atom. The van der Waals surface area contributed by atoms with E-state index in [1.807, 2.05) is 17.9 Å². The Hall–Kier alpha value is -2.02. The molecule has 0 spiro atoms. The Labute approximate surface area is 151 Å². The lowest BCUT2D eigenvalue weighted by Gasteiger charge is -2.19. The summed E-state index contributed by atoms with van der Waals surface area (Å²) < 4.78 is 7.53. The number of aryl methyl sites for hydroxylation is 2. The molecule has 0 N–H and O–H groups in total. The highest BCUT2D eigenvalue weighted by molar-refractivity contribution is 7.09. The summed E-state index contributed by atoms with van der Waals surface area (Å²) in [6, 6.07) is 0. The Balaban J connectivity index is 1.48. The number of hydrogen-bond donors (Lipinski definition) is 0. The lowest BCUT2D eigenvalue weighted by molar-refractivity contribution is 0.335. The third-order valence-corrected chi connectivity index (χ3v) is 6.03. The van der Waals surface area contributed by atoms with Crippen molar-refractivity contribution in [2.45, 2.75) is 57.8 Å². The van der Waals surface area contributed by atoms with Crippen molar-refractivity contribution in [1.29, 1.82) is 0 Å². The molecule has 7 heteroatoms. The van der Waals surface area contributed by atoms with Crippen molar-refractivity contribution in [3.8, 4) is 0 Å². The average Bonchev–Trinajstić information content (AvgIpc) is 3.28. The number of nitrogens with zero attached hydrogens (tertiary/aromatic N) is 5. The molecule has 1 aliphatic carbocycles. The third kappa shape index (κ3) is 3.25. The first-order chi connectivity index (χ1) is 11.9. The Morgan fingerprint density at radius 2 is 2.16 bits per heavy atom. The van der Waals surface area contributed by atoms with Crippen LogP contribution in [0.4, 0.5) is 0 Å². The van der Waals surface area contributed by atoms with Crippen LogP contribution in [-0.2, 0) is 31.7 Å². The van der Waals surface area contributed by atoms with Gasteiger partial charge in [0.15, 0.2) is 5.82 Å². The van der Waals surface area contributed by atoms with Crippen LogP contribution >= 0.6 is 11.3 Å². The molecule has 0 saturated carbocycles. The summed E-state index contributed by atoms with van der Waals surface area (Å²) in [5, 5.41) is 11.8. The zero-order chi connectivity index (χ0) is 17.6. The van der Waals surface area contributed by atoms with E-state index >= 15 is 0 Å². The van der Waals surface area contributed by atoms with E-state index < -0.39 is 0 Å². The highest BCUT2D eigenvalue weighted by Crippen LogP contribution is 2.32. The highest BCUT2D eigenvalue weighted by Gasteiger charge is 2.27. The number of aromatic nitrogens is 5. The van der Waals surface area contributed by atoms with Crippen molar-refractivity contribution in [3.63, 3.8) is 0 Å². The molecule has 0 bridgehead atoms. The molecule has 0 radical (unpaired) electrons. The van der Waals surface area contributed by atoms with Gasteiger partial charge >= 0.3 is 0 Å². The Bertz CT molecular complexity index is 886. The van der Waals surface area contributed by atoms with Crippen LogP contribution in [0.2, 0.25) is 0 Å². The van der Waals surface area contributed by atoms with Crippen LogP contribution in [0.15, 0.2) is 16.1 Å². The topological polar surface area (TPSA) is 69.6 Å². The predicted molar refractivity (Wildman–Crippen MR) is 95.9 cm³/mol. The molecular weight excluding hydrogens is 334 g/mol. The van der Waals surface area contributed by atoms with Crippen LogP contribution < -0.4 is 0 Å². The molecule has 132 valence electrons. The summed E-state index contributed by atoms with van der Waals surface area (Å²) >= 11 is 1.70. The fraction of sp³-hybridized carbons (Fsp3) is 0.556. The smallest absolute Gasteiger partial charge is 0.230 e. The van der Waals surface area contributed by atoms with Gasteiger partial charge in [0.05, 0.1) is 23.3 Å². The number of hydrogen-bond acceptors (Lipinski definition) is 6. The number of thiazole rings is 1. The molecule has 3 aromatic rings. The van der Waals surface area contributed by atoms with Gasteiger partial charge in [-0.3, -0.25) is 4.68 Å². The van der Waals surface area contributed by atoms with E-state index in [-0.39, 0.29) is 11.3 Å². The van der Waals surface area contributed by atoms with Gasteiger partial charge in [-0.25, -0.2) is 4.98 Å². The van der Waals surface area contributed by atoms with Crippen molar-refractivity contribution in [2.24, 2.45) is 7.05 Å². The molecule has 0 aromatic carbocycles. The molecule has 0 saturated heterocycles. The maximum Gasteiger partial charge on any atom is 0.230 e. The van der Waals surface area contributed by atoms with Crippen molar-refractivity contribution in [1.82, 2.24) is 24.9 Å². The van der Waals surface area contributed by atoms with Crippen LogP contribution in [0.1, 0.15) is 66.8 Å². The molecule has 4 rings (SSSR count). The minimum atomic E-state index is 0.0776. The summed E-state index contributed by atoms with van der Waals surface area (Å²) in [4.78, 5) is 9.36. The predicted octanol–water partition coefficient (Wildman–Crippen LogP) is 3.42. The molecule has 0 amide bonds. The van der Waals surface area contributed by atoms with Gasteiger partial charge in [0, 0.05) is 35.9 Å². The SMILES string of the molecule is Cn1ncc2c1CC(c1nc(Cc3csc(C(C)(C)C)n3)no1)CC2. The second-order valence-corrected chi connectivity index (χ2v) is 8.66. The zero-order valence-corrected chi connectivity index (χ0v) is 15.9. The molecule has 3 heterocycles. The summed E-state index contributed by atoms with van der Waals surface area (Å²) in [5.41, 5.74) is 3.72. The van der Waals surface area contributed by atoms with E-state index in [0.29, 0.717) is 6.42 Å². The minimum absolute atomic E-state index is 0.0776. The number of fused-ring (bicyclic) bond motifs is 1. The van der Waals surface area contributed by atoms with E-state index in [9.17, 15) is 0 Å². The van der Waals surface area contributed by atoms with Gasteiger partial charge in [-0.1, -0.05) is 25.9 Å². The van der Waals surface area contributed by atoms with E-state index in [1.54, 1.807) is 11.3 Å². The summed E-state index contributed by atoms with van der Waals surface area (Å²) in [6.45, 7) is 6.54.